The van der Waals surface area contributed by atoms with Gasteiger partial charge in [-0.3, -0.25) is 4.79 Å². The maximum atomic E-state index is 13.1. The van der Waals surface area contributed by atoms with Crippen LogP contribution in [0.15, 0.2) is 42.0 Å². The maximum absolute atomic E-state index is 13.1. The molecule has 4 heteroatoms. The Labute approximate surface area is 147 Å². The highest BCUT2D eigenvalue weighted by Gasteiger charge is 2.49. The highest BCUT2D eigenvalue weighted by Crippen LogP contribution is 2.45. The van der Waals surface area contributed by atoms with Gasteiger partial charge < -0.3 is 9.47 Å². The van der Waals surface area contributed by atoms with Gasteiger partial charge in [-0.05, 0) is 55.9 Å². The number of methoxy groups -OCH3 is 1. The molecule has 0 radical (unpaired) electrons. The molecule has 1 saturated carbocycles. The van der Waals surface area contributed by atoms with Crippen molar-refractivity contribution in [3.63, 3.8) is 0 Å². The van der Waals surface area contributed by atoms with Gasteiger partial charge in [-0.25, -0.2) is 0 Å². The number of Topliss-reactive ketones (excluding diaryl/α,β-unsaturated/α-hetero) is 1. The van der Waals surface area contributed by atoms with Crippen molar-refractivity contribution in [2.75, 3.05) is 7.11 Å². The van der Waals surface area contributed by atoms with Crippen LogP contribution in [0, 0.1) is 11.3 Å². The molecule has 1 aromatic carbocycles. The Bertz CT molecular complexity index is 807. The van der Waals surface area contributed by atoms with Crippen molar-refractivity contribution in [1.29, 1.82) is 5.26 Å². The van der Waals surface area contributed by atoms with Crippen molar-refractivity contribution in [3.8, 4) is 11.8 Å². The molecule has 1 aliphatic heterocycles. The predicted octanol–water partition coefficient (Wildman–Crippen LogP) is 4.08. The van der Waals surface area contributed by atoms with Crippen LogP contribution in [0.1, 0.15) is 53.9 Å². The first-order chi connectivity index (χ1) is 12.1. The number of allylic oxidation sites excluding steroid dienone is 4. The van der Waals surface area contributed by atoms with E-state index in [-0.39, 0.29) is 17.8 Å². The van der Waals surface area contributed by atoms with Crippen LogP contribution in [-0.4, -0.2) is 24.6 Å². The molecule has 128 valence electrons. The van der Waals surface area contributed by atoms with Gasteiger partial charge in [0.1, 0.15) is 5.75 Å². The molecule has 1 aromatic rings. The Morgan fingerprint density at radius 1 is 1.32 bits per heavy atom. The molecule has 0 bridgehead atoms. The predicted molar refractivity (Wildman–Crippen MR) is 93.6 cm³/mol. The quantitative estimate of drug-likeness (QED) is 0.817. The van der Waals surface area contributed by atoms with Gasteiger partial charge in [0.05, 0.1) is 17.7 Å². The second-order valence-corrected chi connectivity index (χ2v) is 7.12. The van der Waals surface area contributed by atoms with Gasteiger partial charge in [-0.2, -0.15) is 5.26 Å². The molecule has 0 saturated heterocycles. The number of rotatable bonds is 2. The summed E-state index contributed by atoms with van der Waals surface area (Å²) in [4.78, 5) is 13.1. The average Bonchev–Trinajstić information content (AvgIpc) is 2.94. The lowest BCUT2D eigenvalue weighted by Crippen LogP contribution is -2.44. The fourth-order valence-corrected chi connectivity index (χ4v) is 4.16. The molecule has 2 aliphatic carbocycles. The van der Waals surface area contributed by atoms with Crippen molar-refractivity contribution < 1.29 is 14.3 Å². The summed E-state index contributed by atoms with van der Waals surface area (Å²) in [6.45, 7) is 0. The standard InChI is InChI=1S/C21H21NO3/c1-24-17-7-9-21(10-8-17)20(23)18-12-16(5-6-19(18)25-21)15-4-2-3-14(11-15)13-22/h2-6,12,15,17H,7-11H2,1H3. The third-order valence-corrected chi connectivity index (χ3v) is 5.69. The Morgan fingerprint density at radius 3 is 2.84 bits per heavy atom. The normalized spacial score (nSPS) is 30.6. The van der Waals surface area contributed by atoms with E-state index < -0.39 is 5.60 Å². The highest BCUT2D eigenvalue weighted by molar-refractivity contribution is 6.07. The average molecular weight is 335 g/mol. The Morgan fingerprint density at radius 2 is 2.12 bits per heavy atom. The van der Waals surface area contributed by atoms with Crippen molar-refractivity contribution in [2.24, 2.45) is 0 Å². The van der Waals surface area contributed by atoms with Gasteiger partial charge >= 0.3 is 0 Å². The lowest BCUT2D eigenvalue weighted by molar-refractivity contribution is -0.00600. The largest absolute Gasteiger partial charge is 0.478 e. The number of carbonyl (C=O) groups excluding carboxylic acids is 1. The van der Waals surface area contributed by atoms with Gasteiger partial charge in [0.2, 0.25) is 5.78 Å². The molecule has 1 spiro atoms. The third kappa shape index (κ3) is 2.69. The van der Waals surface area contributed by atoms with Crippen LogP contribution < -0.4 is 4.74 Å². The topological polar surface area (TPSA) is 59.3 Å². The number of fused-ring (bicyclic) bond motifs is 1. The summed E-state index contributed by atoms with van der Waals surface area (Å²) in [7, 11) is 1.72. The lowest BCUT2D eigenvalue weighted by Gasteiger charge is -2.34. The zero-order valence-electron chi connectivity index (χ0n) is 14.3. The minimum absolute atomic E-state index is 0.106. The number of ketones is 1. The van der Waals surface area contributed by atoms with Crippen LogP contribution in [0.4, 0.5) is 0 Å². The van der Waals surface area contributed by atoms with E-state index in [0.29, 0.717) is 30.6 Å². The molecule has 1 unspecified atom stereocenters. The van der Waals surface area contributed by atoms with Crippen molar-refractivity contribution in [2.45, 2.75) is 49.7 Å². The fourth-order valence-electron chi connectivity index (χ4n) is 4.16. The smallest absolute Gasteiger partial charge is 0.210 e. The van der Waals surface area contributed by atoms with Crippen LogP contribution in [0.2, 0.25) is 0 Å². The van der Waals surface area contributed by atoms with E-state index in [1.165, 1.54) is 0 Å². The third-order valence-electron chi connectivity index (χ3n) is 5.69. The number of ether oxygens (including phenoxy) is 2. The van der Waals surface area contributed by atoms with Gasteiger partial charge in [0.15, 0.2) is 5.60 Å². The first-order valence-corrected chi connectivity index (χ1v) is 8.83. The van der Waals surface area contributed by atoms with Gasteiger partial charge in [-0.15, -0.1) is 0 Å². The molecule has 1 atom stereocenters. The second kappa shape index (κ2) is 6.16. The number of hydrogen-bond donors (Lipinski definition) is 0. The van der Waals surface area contributed by atoms with E-state index in [0.717, 1.165) is 24.0 Å². The molecule has 1 heterocycles. The van der Waals surface area contributed by atoms with Gasteiger partial charge in [-0.1, -0.05) is 18.2 Å². The van der Waals surface area contributed by atoms with Crippen LogP contribution in [0.5, 0.6) is 5.75 Å². The molecule has 3 aliphatic rings. The summed E-state index contributed by atoms with van der Waals surface area (Å²) in [5.41, 5.74) is 1.83. The van der Waals surface area contributed by atoms with Gasteiger partial charge in [0.25, 0.3) is 0 Å². The number of nitriles is 1. The first kappa shape index (κ1) is 16.1. The first-order valence-electron chi connectivity index (χ1n) is 8.83. The maximum Gasteiger partial charge on any atom is 0.210 e. The number of benzene rings is 1. The van der Waals surface area contributed by atoms with Crippen LogP contribution in [0.3, 0.4) is 0 Å². The molecular formula is C21H21NO3. The molecular weight excluding hydrogens is 314 g/mol. The van der Waals surface area contributed by atoms with E-state index >= 15 is 0 Å². The SMILES string of the molecule is COC1CCC2(CC1)Oc1ccc(C3C=CC=C(C#N)C3)cc1C2=O. The Kier molecular flexibility index (Phi) is 3.97. The molecule has 25 heavy (non-hydrogen) atoms. The van der Waals surface area contributed by atoms with Crippen LogP contribution >= 0.6 is 0 Å². The number of hydrogen-bond acceptors (Lipinski definition) is 4. The fraction of sp³-hybridized carbons (Fsp3) is 0.429. The zero-order valence-corrected chi connectivity index (χ0v) is 14.3. The Hall–Kier alpha value is -2.38. The minimum Gasteiger partial charge on any atom is -0.478 e. The van der Waals surface area contributed by atoms with Crippen molar-refractivity contribution >= 4 is 5.78 Å². The summed E-state index contributed by atoms with van der Waals surface area (Å²) in [6, 6.07) is 8.12. The van der Waals surface area contributed by atoms with E-state index in [1.54, 1.807) is 7.11 Å². The van der Waals surface area contributed by atoms with E-state index in [2.05, 4.69) is 12.1 Å². The summed E-state index contributed by atoms with van der Waals surface area (Å²) >= 11 is 0. The molecule has 0 aromatic heterocycles. The number of nitrogens with zero attached hydrogens (tertiary/aromatic N) is 1. The summed E-state index contributed by atoms with van der Waals surface area (Å²) < 4.78 is 11.6. The second-order valence-electron chi connectivity index (χ2n) is 7.12. The summed E-state index contributed by atoms with van der Waals surface area (Å²) in [5, 5.41) is 9.12. The van der Waals surface area contributed by atoms with Crippen LogP contribution in [-0.2, 0) is 4.74 Å². The van der Waals surface area contributed by atoms with E-state index in [1.807, 2.05) is 30.4 Å². The molecule has 1 fully saturated rings. The number of carbonyl (C=O) groups is 1. The van der Waals surface area contributed by atoms with E-state index in [4.69, 9.17) is 14.7 Å². The molecule has 4 nitrogen and oxygen atoms in total. The Balaban J connectivity index is 1.58. The molecule has 4 rings (SSSR count). The zero-order chi connectivity index (χ0) is 17.4. The lowest BCUT2D eigenvalue weighted by atomic mass is 9.79. The molecule has 0 amide bonds. The minimum atomic E-state index is -0.698. The summed E-state index contributed by atoms with van der Waals surface area (Å²) in [6.07, 6.45) is 9.88. The van der Waals surface area contributed by atoms with Crippen molar-refractivity contribution in [3.05, 3.63) is 53.1 Å². The molecule has 0 N–H and O–H groups in total. The highest BCUT2D eigenvalue weighted by atomic mass is 16.5. The van der Waals surface area contributed by atoms with E-state index in [9.17, 15) is 4.79 Å². The van der Waals surface area contributed by atoms with Gasteiger partial charge in [0, 0.05) is 18.6 Å². The van der Waals surface area contributed by atoms with Crippen molar-refractivity contribution in [1.82, 2.24) is 0 Å². The monoisotopic (exact) mass is 335 g/mol. The summed E-state index contributed by atoms with van der Waals surface area (Å²) in [5.74, 6) is 0.939. The van der Waals surface area contributed by atoms with Crippen LogP contribution in [0.25, 0.3) is 0 Å².